The van der Waals surface area contributed by atoms with Gasteiger partial charge in [0.25, 0.3) is 5.91 Å². The highest BCUT2D eigenvalue weighted by atomic mass is 16.5. The zero-order chi connectivity index (χ0) is 22.9. The standard InChI is InChI=1S/C27H36N2O3/c1-20(2)23-13-15-25(16-14-23)32-19-26(30)29(18-17-22-9-5-4-6-10-22)21(3)27(31)28-24-11-7-8-12-24/h4-6,9-10,13-16,20-21,24H,7-8,11-12,17-19H2,1-3H3,(H,28,31). The lowest BCUT2D eigenvalue weighted by molar-refractivity contribution is -0.141. The molecule has 1 aliphatic carbocycles. The van der Waals surface area contributed by atoms with Crippen molar-refractivity contribution in [3.63, 3.8) is 0 Å². The number of rotatable bonds is 10. The number of hydrogen-bond acceptors (Lipinski definition) is 3. The van der Waals surface area contributed by atoms with E-state index in [-0.39, 0.29) is 24.5 Å². The van der Waals surface area contributed by atoms with Crippen LogP contribution >= 0.6 is 0 Å². The Morgan fingerprint density at radius 3 is 2.28 bits per heavy atom. The quantitative estimate of drug-likeness (QED) is 0.587. The van der Waals surface area contributed by atoms with Crippen LogP contribution in [0.5, 0.6) is 5.75 Å². The summed E-state index contributed by atoms with van der Waals surface area (Å²) in [5, 5.41) is 3.13. The van der Waals surface area contributed by atoms with Crippen molar-refractivity contribution in [1.29, 1.82) is 0 Å². The Morgan fingerprint density at radius 2 is 1.66 bits per heavy atom. The third-order valence-electron chi connectivity index (χ3n) is 6.26. The average molecular weight is 437 g/mol. The number of carbonyl (C=O) groups excluding carboxylic acids is 2. The van der Waals surface area contributed by atoms with E-state index in [1.54, 1.807) is 4.90 Å². The summed E-state index contributed by atoms with van der Waals surface area (Å²) >= 11 is 0. The van der Waals surface area contributed by atoms with Gasteiger partial charge in [0.05, 0.1) is 0 Å². The molecule has 3 rings (SSSR count). The molecule has 2 aromatic rings. The fraction of sp³-hybridized carbons (Fsp3) is 0.481. The molecule has 5 heteroatoms. The van der Waals surface area contributed by atoms with Gasteiger partial charge in [-0.25, -0.2) is 0 Å². The molecule has 5 nitrogen and oxygen atoms in total. The Morgan fingerprint density at radius 1 is 1.00 bits per heavy atom. The Balaban J connectivity index is 1.63. The van der Waals surface area contributed by atoms with Crippen molar-refractivity contribution in [2.75, 3.05) is 13.2 Å². The first kappa shape index (κ1) is 23.8. The minimum atomic E-state index is -0.543. The van der Waals surface area contributed by atoms with Crippen molar-refractivity contribution in [3.05, 3.63) is 65.7 Å². The molecule has 1 fully saturated rings. The van der Waals surface area contributed by atoms with Gasteiger partial charge in [-0.2, -0.15) is 0 Å². The fourth-order valence-corrected chi connectivity index (χ4v) is 4.14. The molecule has 2 aromatic carbocycles. The monoisotopic (exact) mass is 436 g/mol. The van der Waals surface area contributed by atoms with Gasteiger partial charge in [-0.05, 0) is 55.4 Å². The van der Waals surface area contributed by atoms with Crippen molar-refractivity contribution in [1.82, 2.24) is 10.2 Å². The van der Waals surface area contributed by atoms with Gasteiger partial charge in [0.1, 0.15) is 11.8 Å². The number of nitrogens with zero attached hydrogens (tertiary/aromatic N) is 1. The molecule has 172 valence electrons. The van der Waals surface area contributed by atoms with Gasteiger partial charge in [-0.15, -0.1) is 0 Å². The van der Waals surface area contributed by atoms with Crippen LogP contribution < -0.4 is 10.1 Å². The number of carbonyl (C=O) groups is 2. The van der Waals surface area contributed by atoms with Crippen molar-refractivity contribution >= 4 is 11.8 Å². The molecule has 1 unspecified atom stereocenters. The minimum absolute atomic E-state index is 0.0837. The lowest BCUT2D eigenvalue weighted by Gasteiger charge is -2.29. The van der Waals surface area contributed by atoms with Crippen molar-refractivity contribution in [2.24, 2.45) is 0 Å². The van der Waals surface area contributed by atoms with Crippen LogP contribution in [0.25, 0.3) is 0 Å². The normalized spacial score (nSPS) is 14.9. The molecule has 1 N–H and O–H groups in total. The van der Waals surface area contributed by atoms with Crippen LogP contribution in [0.1, 0.15) is 63.5 Å². The van der Waals surface area contributed by atoms with Gasteiger partial charge in [0, 0.05) is 12.6 Å². The number of amides is 2. The van der Waals surface area contributed by atoms with Crippen molar-refractivity contribution < 1.29 is 14.3 Å². The molecule has 0 spiro atoms. The summed E-state index contributed by atoms with van der Waals surface area (Å²) in [7, 11) is 0. The minimum Gasteiger partial charge on any atom is -0.484 e. The van der Waals surface area contributed by atoms with Gasteiger partial charge in [-0.3, -0.25) is 9.59 Å². The van der Waals surface area contributed by atoms with Gasteiger partial charge < -0.3 is 15.0 Å². The van der Waals surface area contributed by atoms with Gasteiger partial charge >= 0.3 is 0 Å². The van der Waals surface area contributed by atoms with Gasteiger partial charge in [0.15, 0.2) is 6.61 Å². The molecule has 0 radical (unpaired) electrons. The summed E-state index contributed by atoms with van der Waals surface area (Å²) in [6.07, 6.45) is 5.04. The summed E-state index contributed by atoms with van der Waals surface area (Å²) in [5.41, 5.74) is 2.37. The number of hydrogen-bond donors (Lipinski definition) is 1. The van der Waals surface area contributed by atoms with E-state index in [9.17, 15) is 9.59 Å². The molecule has 0 aliphatic heterocycles. The summed E-state index contributed by atoms with van der Waals surface area (Å²) in [6.45, 7) is 6.48. The topological polar surface area (TPSA) is 58.6 Å². The maximum Gasteiger partial charge on any atom is 0.261 e. The maximum absolute atomic E-state index is 13.1. The molecule has 2 amide bonds. The summed E-state index contributed by atoms with van der Waals surface area (Å²) in [6, 6.07) is 17.6. The van der Waals surface area contributed by atoms with Gasteiger partial charge in [0.2, 0.25) is 5.91 Å². The van der Waals surface area contributed by atoms with E-state index >= 15 is 0 Å². The van der Waals surface area contributed by atoms with E-state index < -0.39 is 6.04 Å². The van der Waals surface area contributed by atoms with Crippen LogP contribution in [-0.4, -0.2) is 41.9 Å². The lowest BCUT2D eigenvalue weighted by Crippen LogP contribution is -2.51. The summed E-state index contributed by atoms with van der Waals surface area (Å²) < 4.78 is 5.78. The van der Waals surface area contributed by atoms with Crippen LogP contribution in [0.3, 0.4) is 0 Å². The second-order valence-electron chi connectivity index (χ2n) is 9.00. The molecule has 1 atom stereocenters. The molecular weight excluding hydrogens is 400 g/mol. The predicted molar refractivity (Wildman–Crippen MR) is 128 cm³/mol. The van der Waals surface area contributed by atoms with E-state index in [1.807, 2.05) is 61.5 Å². The van der Waals surface area contributed by atoms with Crippen molar-refractivity contribution in [2.45, 2.75) is 70.9 Å². The molecule has 0 aromatic heterocycles. The second-order valence-corrected chi connectivity index (χ2v) is 9.00. The van der Waals surface area contributed by atoms with Crippen LogP contribution in [0.15, 0.2) is 54.6 Å². The van der Waals surface area contributed by atoms with Crippen LogP contribution in [0, 0.1) is 0 Å². The van der Waals surface area contributed by atoms with Crippen LogP contribution in [0.4, 0.5) is 0 Å². The van der Waals surface area contributed by atoms with E-state index in [0.717, 1.165) is 31.2 Å². The SMILES string of the molecule is CC(C)c1ccc(OCC(=O)N(CCc2ccccc2)C(C)C(=O)NC2CCCC2)cc1. The first-order valence-corrected chi connectivity index (χ1v) is 11.8. The molecular formula is C27H36N2O3. The van der Waals surface area contributed by atoms with Gasteiger partial charge in [-0.1, -0.05) is 69.2 Å². The summed E-state index contributed by atoms with van der Waals surface area (Å²) in [4.78, 5) is 27.7. The largest absolute Gasteiger partial charge is 0.484 e. The maximum atomic E-state index is 13.1. The fourth-order valence-electron chi connectivity index (χ4n) is 4.14. The van der Waals surface area contributed by atoms with E-state index in [4.69, 9.17) is 4.74 Å². The molecule has 0 bridgehead atoms. The Bertz CT molecular complexity index is 858. The van der Waals surface area contributed by atoms with Crippen molar-refractivity contribution in [3.8, 4) is 5.75 Å². The highest BCUT2D eigenvalue weighted by Gasteiger charge is 2.28. The second kappa shape index (κ2) is 11.7. The first-order chi connectivity index (χ1) is 15.4. The smallest absolute Gasteiger partial charge is 0.261 e. The van der Waals surface area contributed by atoms with Crippen LogP contribution in [0.2, 0.25) is 0 Å². The molecule has 0 saturated heterocycles. The molecule has 32 heavy (non-hydrogen) atoms. The molecule has 0 heterocycles. The van der Waals surface area contributed by atoms with E-state index in [1.165, 1.54) is 5.56 Å². The third-order valence-corrected chi connectivity index (χ3v) is 6.26. The average Bonchev–Trinajstić information content (AvgIpc) is 3.31. The number of nitrogens with one attached hydrogen (secondary N) is 1. The highest BCUT2D eigenvalue weighted by Crippen LogP contribution is 2.20. The Labute approximate surface area is 192 Å². The first-order valence-electron chi connectivity index (χ1n) is 11.8. The Kier molecular flexibility index (Phi) is 8.72. The number of ether oxygens (including phenoxy) is 1. The van der Waals surface area contributed by atoms with Crippen LogP contribution in [-0.2, 0) is 16.0 Å². The third kappa shape index (κ3) is 6.84. The lowest BCUT2D eigenvalue weighted by atomic mass is 10.0. The van der Waals surface area contributed by atoms with E-state index in [2.05, 4.69) is 19.2 Å². The number of benzene rings is 2. The summed E-state index contributed by atoms with van der Waals surface area (Å²) in [5.74, 6) is 0.842. The predicted octanol–water partition coefficient (Wildman–Crippen LogP) is 4.71. The van der Waals surface area contributed by atoms with E-state index in [0.29, 0.717) is 24.6 Å². The zero-order valence-corrected chi connectivity index (χ0v) is 19.5. The highest BCUT2D eigenvalue weighted by molar-refractivity contribution is 5.88. The molecule has 1 aliphatic rings. The molecule has 1 saturated carbocycles. The zero-order valence-electron chi connectivity index (χ0n) is 19.5. The Hall–Kier alpha value is -2.82.